The molecule has 0 unspecified atom stereocenters. The lowest BCUT2D eigenvalue weighted by Gasteiger charge is -2.10. The number of nitriles is 1. The SMILES string of the molecule is CC(C)NC(=O)Nc1ccc(C(=O)NS(=O)(=O)CCC#N)cc1. The van der Waals surface area contributed by atoms with Crippen LogP contribution < -0.4 is 15.4 Å². The van der Waals surface area contributed by atoms with Crippen molar-refractivity contribution in [2.45, 2.75) is 26.3 Å². The van der Waals surface area contributed by atoms with Gasteiger partial charge in [-0.05, 0) is 38.1 Å². The van der Waals surface area contributed by atoms with Crippen molar-refractivity contribution in [1.29, 1.82) is 5.26 Å². The first-order valence-electron chi connectivity index (χ1n) is 6.83. The van der Waals surface area contributed by atoms with E-state index in [2.05, 4.69) is 10.6 Å². The van der Waals surface area contributed by atoms with Crippen molar-refractivity contribution in [3.05, 3.63) is 29.8 Å². The summed E-state index contributed by atoms with van der Waals surface area (Å²) in [5.74, 6) is -1.23. The number of sulfonamides is 1. The van der Waals surface area contributed by atoms with E-state index in [0.29, 0.717) is 5.69 Å². The summed E-state index contributed by atoms with van der Waals surface area (Å²) in [4.78, 5) is 23.4. The van der Waals surface area contributed by atoms with Crippen molar-refractivity contribution >= 4 is 27.6 Å². The maximum absolute atomic E-state index is 11.8. The fraction of sp³-hybridized carbons (Fsp3) is 0.357. The number of hydrogen-bond acceptors (Lipinski definition) is 5. The lowest BCUT2D eigenvalue weighted by molar-refractivity contribution is 0.0981. The van der Waals surface area contributed by atoms with E-state index in [1.807, 2.05) is 18.6 Å². The van der Waals surface area contributed by atoms with Crippen molar-refractivity contribution < 1.29 is 18.0 Å². The van der Waals surface area contributed by atoms with Crippen molar-refractivity contribution in [1.82, 2.24) is 10.0 Å². The predicted octanol–water partition coefficient (Wildman–Crippen LogP) is 1.19. The standard InChI is InChI=1S/C14H18N4O4S/c1-10(2)16-14(20)17-12-6-4-11(5-7-12)13(19)18-23(21,22)9-3-8-15/h4-7,10H,3,9H2,1-2H3,(H,18,19)(H2,16,17,20). The second-order valence-corrected chi connectivity index (χ2v) is 6.83. The first kappa shape index (κ1) is 18.4. The fourth-order valence-corrected chi connectivity index (χ4v) is 2.43. The second kappa shape index (κ2) is 8.14. The summed E-state index contributed by atoms with van der Waals surface area (Å²) in [5, 5.41) is 13.6. The Balaban J connectivity index is 2.68. The Hall–Kier alpha value is -2.60. The number of hydrogen-bond donors (Lipinski definition) is 3. The Labute approximate surface area is 134 Å². The summed E-state index contributed by atoms with van der Waals surface area (Å²) in [6.45, 7) is 3.64. The molecule has 124 valence electrons. The molecule has 3 N–H and O–H groups in total. The van der Waals surface area contributed by atoms with Crippen LogP contribution in [0.25, 0.3) is 0 Å². The monoisotopic (exact) mass is 338 g/mol. The summed E-state index contributed by atoms with van der Waals surface area (Å²) < 4.78 is 25.0. The number of benzene rings is 1. The van der Waals surface area contributed by atoms with Gasteiger partial charge < -0.3 is 10.6 Å². The summed E-state index contributed by atoms with van der Waals surface area (Å²) in [6, 6.07) is 7.05. The average molecular weight is 338 g/mol. The van der Waals surface area contributed by atoms with E-state index < -0.39 is 21.7 Å². The zero-order valence-corrected chi connectivity index (χ0v) is 13.6. The van der Waals surface area contributed by atoms with Crippen LogP contribution in [0.2, 0.25) is 0 Å². The van der Waals surface area contributed by atoms with Gasteiger partial charge in [0, 0.05) is 17.3 Å². The normalized spacial score (nSPS) is 10.7. The van der Waals surface area contributed by atoms with Crippen LogP contribution in [0.3, 0.4) is 0 Å². The summed E-state index contributed by atoms with van der Waals surface area (Å²) in [5.41, 5.74) is 0.590. The van der Waals surface area contributed by atoms with Crippen molar-refractivity contribution in [2.24, 2.45) is 0 Å². The van der Waals surface area contributed by atoms with Gasteiger partial charge in [-0.15, -0.1) is 0 Å². The zero-order valence-electron chi connectivity index (χ0n) is 12.8. The lowest BCUT2D eigenvalue weighted by Crippen LogP contribution is -2.34. The minimum Gasteiger partial charge on any atom is -0.336 e. The van der Waals surface area contributed by atoms with Gasteiger partial charge in [-0.3, -0.25) is 4.79 Å². The van der Waals surface area contributed by atoms with Crippen molar-refractivity contribution in [3.8, 4) is 6.07 Å². The largest absolute Gasteiger partial charge is 0.336 e. The van der Waals surface area contributed by atoms with E-state index in [9.17, 15) is 18.0 Å². The smallest absolute Gasteiger partial charge is 0.319 e. The van der Waals surface area contributed by atoms with Gasteiger partial charge in [0.1, 0.15) is 0 Å². The minimum atomic E-state index is -3.84. The third kappa shape index (κ3) is 6.80. The third-order valence-corrected chi connectivity index (χ3v) is 3.79. The maximum Gasteiger partial charge on any atom is 0.319 e. The van der Waals surface area contributed by atoms with Gasteiger partial charge >= 0.3 is 6.03 Å². The highest BCUT2D eigenvalue weighted by atomic mass is 32.2. The molecule has 1 aromatic carbocycles. The van der Waals surface area contributed by atoms with Crippen LogP contribution in [-0.2, 0) is 10.0 Å². The van der Waals surface area contributed by atoms with Gasteiger partial charge in [-0.1, -0.05) is 0 Å². The number of nitrogens with zero attached hydrogens (tertiary/aromatic N) is 1. The van der Waals surface area contributed by atoms with E-state index in [0.717, 1.165) is 0 Å². The molecule has 0 aliphatic rings. The van der Waals surface area contributed by atoms with Gasteiger partial charge in [0.25, 0.3) is 5.91 Å². The van der Waals surface area contributed by atoms with Crippen LogP contribution in [0.4, 0.5) is 10.5 Å². The number of urea groups is 1. The Morgan fingerprint density at radius 3 is 2.35 bits per heavy atom. The molecule has 0 saturated heterocycles. The molecule has 0 bridgehead atoms. The maximum atomic E-state index is 11.8. The average Bonchev–Trinajstić information content (AvgIpc) is 2.44. The molecule has 0 saturated carbocycles. The molecule has 0 aromatic heterocycles. The summed E-state index contributed by atoms with van der Waals surface area (Å²) in [6.07, 6.45) is -0.198. The Morgan fingerprint density at radius 1 is 1.22 bits per heavy atom. The highest BCUT2D eigenvalue weighted by molar-refractivity contribution is 7.90. The molecule has 0 aliphatic carbocycles. The van der Waals surface area contributed by atoms with Gasteiger partial charge in [0.15, 0.2) is 0 Å². The minimum absolute atomic E-state index is 0.0151. The molecular weight excluding hydrogens is 320 g/mol. The molecule has 23 heavy (non-hydrogen) atoms. The Morgan fingerprint density at radius 2 is 1.83 bits per heavy atom. The van der Waals surface area contributed by atoms with Gasteiger partial charge in [0.05, 0.1) is 18.2 Å². The van der Waals surface area contributed by atoms with Gasteiger partial charge in [-0.2, -0.15) is 5.26 Å². The van der Waals surface area contributed by atoms with Crippen LogP contribution >= 0.6 is 0 Å². The van der Waals surface area contributed by atoms with Crippen molar-refractivity contribution in [3.63, 3.8) is 0 Å². The van der Waals surface area contributed by atoms with E-state index in [1.54, 1.807) is 6.07 Å². The second-order valence-electron chi connectivity index (χ2n) is 4.99. The first-order valence-corrected chi connectivity index (χ1v) is 8.48. The van der Waals surface area contributed by atoms with E-state index in [-0.39, 0.29) is 24.1 Å². The Bertz CT molecular complexity index is 705. The third-order valence-electron chi connectivity index (χ3n) is 2.56. The number of carbonyl (C=O) groups excluding carboxylic acids is 2. The van der Waals surface area contributed by atoms with Gasteiger partial charge in [0.2, 0.25) is 10.0 Å². The highest BCUT2D eigenvalue weighted by Crippen LogP contribution is 2.10. The molecule has 0 radical (unpaired) electrons. The number of rotatable bonds is 6. The lowest BCUT2D eigenvalue weighted by atomic mass is 10.2. The van der Waals surface area contributed by atoms with Crippen LogP contribution in [0, 0.1) is 11.3 Å². The molecular formula is C14H18N4O4S. The molecule has 8 nitrogen and oxygen atoms in total. The topological polar surface area (TPSA) is 128 Å². The Kier molecular flexibility index (Phi) is 6.53. The van der Waals surface area contributed by atoms with E-state index in [1.165, 1.54) is 24.3 Å². The van der Waals surface area contributed by atoms with Crippen LogP contribution in [0.1, 0.15) is 30.6 Å². The quantitative estimate of drug-likeness (QED) is 0.717. The van der Waals surface area contributed by atoms with E-state index >= 15 is 0 Å². The van der Waals surface area contributed by atoms with Crippen LogP contribution in [-0.4, -0.2) is 32.2 Å². The van der Waals surface area contributed by atoms with Gasteiger partial charge in [-0.25, -0.2) is 17.9 Å². The molecule has 1 aromatic rings. The molecule has 0 atom stereocenters. The molecule has 0 fully saturated rings. The molecule has 0 heterocycles. The first-order chi connectivity index (χ1) is 10.7. The zero-order chi connectivity index (χ0) is 17.5. The number of nitrogens with one attached hydrogen (secondary N) is 3. The number of amides is 3. The fourth-order valence-electron chi connectivity index (χ4n) is 1.57. The molecule has 0 spiro atoms. The van der Waals surface area contributed by atoms with Crippen LogP contribution in [0.5, 0.6) is 0 Å². The number of carbonyl (C=O) groups is 2. The number of anilines is 1. The molecule has 1 rings (SSSR count). The summed E-state index contributed by atoms with van der Waals surface area (Å²) in [7, 11) is -3.84. The summed E-state index contributed by atoms with van der Waals surface area (Å²) >= 11 is 0. The highest BCUT2D eigenvalue weighted by Gasteiger charge is 2.15. The van der Waals surface area contributed by atoms with E-state index in [4.69, 9.17) is 5.26 Å². The molecule has 3 amide bonds. The predicted molar refractivity (Wildman–Crippen MR) is 85.2 cm³/mol. The van der Waals surface area contributed by atoms with Crippen LogP contribution in [0.15, 0.2) is 24.3 Å². The molecule has 0 aliphatic heterocycles. The van der Waals surface area contributed by atoms with Crippen molar-refractivity contribution in [2.75, 3.05) is 11.1 Å². The molecule has 9 heteroatoms.